The van der Waals surface area contributed by atoms with Crippen LogP contribution >= 0.6 is 0 Å². The van der Waals surface area contributed by atoms with Crippen LogP contribution in [0, 0.1) is 11.3 Å². The number of nitrogens with two attached hydrogens (primary N) is 1. The highest BCUT2D eigenvalue weighted by Gasteiger charge is 2.19. The molecule has 78 valence electrons. The maximum absolute atomic E-state index is 8.95. The normalized spacial score (nSPS) is 21.5. The van der Waals surface area contributed by atoms with Gasteiger partial charge >= 0.3 is 0 Å². The fraction of sp³-hybridized carbons (Fsp3) is 0.417. The molecule has 0 spiro atoms. The molecule has 3 heteroatoms. The molecule has 0 unspecified atom stereocenters. The van der Waals surface area contributed by atoms with Crippen molar-refractivity contribution in [3.05, 3.63) is 35.4 Å². The Bertz CT molecular complexity index is 381. The fourth-order valence-electron chi connectivity index (χ4n) is 2.01. The van der Waals surface area contributed by atoms with E-state index in [1.54, 1.807) is 0 Å². The van der Waals surface area contributed by atoms with E-state index in [9.17, 15) is 0 Å². The number of likely N-dealkylation sites (tertiary alicyclic amines) is 1. The molecule has 1 aromatic rings. The number of rotatable bonds is 2. The Labute approximate surface area is 90.1 Å². The van der Waals surface area contributed by atoms with Crippen molar-refractivity contribution in [1.29, 1.82) is 5.26 Å². The zero-order valence-electron chi connectivity index (χ0n) is 8.69. The molecule has 0 radical (unpaired) electrons. The Hall–Kier alpha value is -1.37. The third-order valence-corrected chi connectivity index (χ3v) is 2.84. The van der Waals surface area contributed by atoms with E-state index < -0.39 is 0 Å². The zero-order valence-corrected chi connectivity index (χ0v) is 8.69. The van der Waals surface area contributed by atoms with Crippen LogP contribution in [0.25, 0.3) is 0 Å². The van der Waals surface area contributed by atoms with E-state index in [0.717, 1.165) is 37.2 Å². The molecule has 0 bridgehead atoms. The van der Waals surface area contributed by atoms with Gasteiger partial charge in [0, 0.05) is 25.7 Å². The minimum Gasteiger partial charge on any atom is -0.326 e. The summed E-state index contributed by atoms with van der Waals surface area (Å²) in [4.78, 5) is 2.31. The van der Waals surface area contributed by atoms with Crippen LogP contribution in [-0.2, 0) is 6.54 Å². The molecule has 1 aliphatic rings. The standard InChI is InChI=1S/C12H15N3/c13-7-10-3-1-2-4-11(10)8-15-6-5-12(14)9-15/h1-4,12H,5-6,8-9,14H2/t12-/m1/s1. The molecule has 2 N–H and O–H groups in total. The molecule has 15 heavy (non-hydrogen) atoms. The Morgan fingerprint density at radius 2 is 2.27 bits per heavy atom. The highest BCUT2D eigenvalue weighted by molar-refractivity contribution is 5.37. The summed E-state index contributed by atoms with van der Waals surface area (Å²) in [7, 11) is 0. The first kappa shape index (κ1) is 10.2. The van der Waals surface area contributed by atoms with Crippen molar-refractivity contribution in [2.75, 3.05) is 13.1 Å². The summed E-state index contributed by atoms with van der Waals surface area (Å²) in [5.74, 6) is 0. The first-order chi connectivity index (χ1) is 7.29. The van der Waals surface area contributed by atoms with Crippen LogP contribution in [0.3, 0.4) is 0 Å². The van der Waals surface area contributed by atoms with Crippen LogP contribution in [0.15, 0.2) is 24.3 Å². The van der Waals surface area contributed by atoms with Gasteiger partial charge in [0.15, 0.2) is 0 Å². The number of nitriles is 1. The molecule has 0 saturated carbocycles. The SMILES string of the molecule is N#Cc1ccccc1CN1CC[C@@H](N)C1. The van der Waals surface area contributed by atoms with Crippen molar-refractivity contribution in [3.8, 4) is 6.07 Å². The van der Waals surface area contributed by atoms with Crippen molar-refractivity contribution in [2.24, 2.45) is 5.73 Å². The molecule has 0 aromatic heterocycles. The molecule has 1 atom stereocenters. The van der Waals surface area contributed by atoms with Gasteiger partial charge in [-0.3, -0.25) is 4.90 Å². The maximum Gasteiger partial charge on any atom is 0.0995 e. The lowest BCUT2D eigenvalue weighted by molar-refractivity contribution is 0.326. The number of benzene rings is 1. The van der Waals surface area contributed by atoms with Crippen molar-refractivity contribution >= 4 is 0 Å². The van der Waals surface area contributed by atoms with Crippen LogP contribution < -0.4 is 5.73 Å². The third kappa shape index (κ3) is 2.35. The smallest absolute Gasteiger partial charge is 0.0995 e. The Morgan fingerprint density at radius 3 is 2.93 bits per heavy atom. The van der Waals surface area contributed by atoms with Gasteiger partial charge in [0.1, 0.15) is 0 Å². The van der Waals surface area contributed by atoms with E-state index in [1.807, 2.05) is 24.3 Å². The van der Waals surface area contributed by atoms with Crippen LogP contribution in [0.2, 0.25) is 0 Å². The summed E-state index contributed by atoms with van der Waals surface area (Å²) in [5, 5.41) is 8.95. The molecule has 1 aromatic carbocycles. The molecule has 1 saturated heterocycles. The van der Waals surface area contributed by atoms with Crippen LogP contribution in [0.1, 0.15) is 17.5 Å². The predicted octanol–water partition coefficient (Wildman–Crippen LogP) is 1.09. The van der Waals surface area contributed by atoms with Crippen molar-refractivity contribution in [2.45, 2.75) is 19.0 Å². The molecule has 1 fully saturated rings. The summed E-state index contributed by atoms with van der Waals surface area (Å²) in [6, 6.07) is 10.3. The minimum absolute atomic E-state index is 0.305. The number of hydrogen-bond acceptors (Lipinski definition) is 3. The van der Waals surface area contributed by atoms with E-state index in [1.165, 1.54) is 0 Å². The van der Waals surface area contributed by atoms with Gasteiger partial charge in [-0.1, -0.05) is 18.2 Å². The van der Waals surface area contributed by atoms with Gasteiger partial charge in [-0.25, -0.2) is 0 Å². The molecule has 3 nitrogen and oxygen atoms in total. The molecular weight excluding hydrogens is 186 g/mol. The van der Waals surface area contributed by atoms with Gasteiger partial charge in [-0.2, -0.15) is 5.26 Å². The predicted molar refractivity (Wildman–Crippen MR) is 59.0 cm³/mol. The third-order valence-electron chi connectivity index (χ3n) is 2.84. The van der Waals surface area contributed by atoms with Gasteiger partial charge in [0.2, 0.25) is 0 Å². The van der Waals surface area contributed by atoms with E-state index in [0.29, 0.717) is 6.04 Å². The van der Waals surface area contributed by atoms with Gasteiger partial charge in [0.25, 0.3) is 0 Å². The Morgan fingerprint density at radius 1 is 1.47 bits per heavy atom. The first-order valence-corrected chi connectivity index (χ1v) is 5.25. The summed E-state index contributed by atoms with van der Waals surface area (Å²) >= 11 is 0. The Kier molecular flexibility index (Phi) is 3.00. The van der Waals surface area contributed by atoms with Crippen molar-refractivity contribution in [3.63, 3.8) is 0 Å². The van der Waals surface area contributed by atoms with E-state index in [-0.39, 0.29) is 0 Å². The van der Waals surface area contributed by atoms with Gasteiger partial charge in [0.05, 0.1) is 11.6 Å². The zero-order chi connectivity index (χ0) is 10.7. The average molecular weight is 201 g/mol. The molecule has 0 aliphatic carbocycles. The van der Waals surface area contributed by atoms with Crippen LogP contribution in [0.5, 0.6) is 0 Å². The fourth-order valence-corrected chi connectivity index (χ4v) is 2.01. The Balaban J connectivity index is 2.08. The van der Waals surface area contributed by atoms with Gasteiger partial charge < -0.3 is 5.73 Å². The second kappa shape index (κ2) is 4.43. The lowest BCUT2D eigenvalue weighted by Gasteiger charge is -2.15. The second-order valence-corrected chi connectivity index (χ2v) is 4.05. The van der Waals surface area contributed by atoms with E-state index >= 15 is 0 Å². The molecular formula is C12H15N3. The molecule has 1 heterocycles. The van der Waals surface area contributed by atoms with Crippen LogP contribution in [-0.4, -0.2) is 24.0 Å². The maximum atomic E-state index is 8.95. The summed E-state index contributed by atoms with van der Waals surface area (Å²) in [6.45, 7) is 2.83. The monoisotopic (exact) mass is 201 g/mol. The average Bonchev–Trinajstić information content (AvgIpc) is 2.65. The summed E-state index contributed by atoms with van der Waals surface area (Å²) in [5.41, 5.74) is 7.72. The number of hydrogen-bond donors (Lipinski definition) is 1. The lowest BCUT2D eigenvalue weighted by atomic mass is 10.1. The molecule has 1 aliphatic heterocycles. The largest absolute Gasteiger partial charge is 0.326 e. The van der Waals surface area contributed by atoms with Crippen LogP contribution in [0.4, 0.5) is 0 Å². The van der Waals surface area contributed by atoms with Crippen molar-refractivity contribution in [1.82, 2.24) is 4.90 Å². The van der Waals surface area contributed by atoms with Gasteiger partial charge in [-0.15, -0.1) is 0 Å². The second-order valence-electron chi connectivity index (χ2n) is 4.05. The van der Waals surface area contributed by atoms with E-state index in [4.69, 9.17) is 11.0 Å². The molecule has 2 rings (SSSR count). The summed E-state index contributed by atoms with van der Waals surface area (Å²) in [6.07, 6.45) is 1.06. The number of nitrogens with zero attached hydrogens (tertiary/aromatic N) is 2. The summed E-state index contributed by atoms with van der Waals surface area (Å²) < 4.78 is 0. The minimum atomic E-state index is 0.305. The highest BCUT2D eigenvalue weighted by atomic mass is 15.2. The van der Waals surface area contributed by atoms with Crippen molar-refractivity contribution < 1.29 is 0 Å². The highest BCUT2D eigenvalue weighted by Crippen LogP contribution is 2.14. The first-order valence-electron chi connectivity index (χ1n) is 5.25. The lowest BCUT2D eigenvalue weighted by Crippen LogP contribution is -2.26. The van der Waals surface area contributed by atoms with Gasteiger partial charge in [-0.05, 0) is 18.1 Å². The topological polar surface area (TPSA) is 53.0 Å². The van der Waals surface area contributed by atoms with E-state index in [2.05, 4.69) is 11.0 Å². The molecule has 0 amide bonds. The quantitative estimate of drug-likeness (QED) is 0.779.